The molecule has 0 aliphatic carbocycles. The molecule has 1 aromatic heterocycles. The molecule has 0 aliphatic rings. The number of thiazole rings is 1. The Labute approximate surface area is 139 Å². The van der Waals surface area contributed by atoms with Gasteiger partial charge in [-0.05, 0) is 19.1 Å². The van der Waals surface area contributed by atoms with Crippen LogP contribution in [0.5, 0.6) is 0 Å². The Bertz CT molecular complexity index is 599. The fraction of sp³-hybridized carbons (Fsp3) is 0.375. The van der Waals surface area contributed by atoms with Crippen molar-refractivity contribution in [3.63, 3.8) is 0 Å². The molecule has 0 radical (unpaired) electrons. The first-order chi connectivity index (χ1) is 10.5. The first kappa shape index (κ1) is 17.0. The standard InChI is InChI=1S/C16H20N2O2S2/c1-11(19)12(2)21-9-14-10-22-16(18-14)8-15(20)17-13-6-4-3-5-7-13/h3-7,10-12,19H,8-9H2,1-2H3,(H,17,20)/t11-,12-/m1/s1. The zero-order valence-corrected chi connectivity index (χ0v) is 14.3. The van der Waals surface area contributed by atoms with Crippen LogP contribution in [-0.2, 0) is 17.0 Å². The molecule has 118 valence electrons. The van der Waals surface area contributed by atoms with Crippen LogP contribution in [0.1, 0.15) is 24.5 Å². The summed E-state index contributed by atoms with van der Waals surface area (Å²) in [6.07, 6.45) is -0.0457. The number of hydrogen-bond acceptors (Lipinski definition) is 5. The highest BCUT2D eigenvalue weighted by molar-refractivity contribution is 7.99. The highest BCUT2D eigenvalue weighted by atomic mass is 32.2. The van der Waals surface area contributed by atoms with E-state index in [0.29, 0.717) is 0 Å². The number of anilines is 1. The van der Waals surface area contributed by atoms with Crippen LogP contribution in [0, 0.1) is 0 Å². The fourth-order valence-corrected chi connectivity index (χ4v) is 3.47. The molecule has 2 N–H and O–H groups in total. The summed E-state index contributed by atoms with van der Waals surface area (Å²) in [6, 6.07) is 9.41. The van der Waals surface area contributed by atoms with Crippen LogP contribution in [0.2, 0.25) is 0 Å². The van der Waals surface area contributed by atoms with Gasteiger partial charge in [-0.15, -0.1) is 23.1 Å². The number of rotatable bonds is 7. The molecule has 6 heteroatoms. The van der Waals surface area contributed by atoms with E-state index in [1.165, 1.54) is 11.3 Å². The number of aliphatic hydroxyl groups is 1. The number of carbonyl (C=O) groups excluding carboxylic acids is 1. The van der Waals surface area contributed by atoms with Crippen molar-refractivity contribution < 1.29 is 9.90 Å². The van der Waals surface area contributed by atoms with Gasteiger partial charge in [0, 0.05) is 22.1 Å². The summed E-state index contributed by atoms with van der Waals surface area (Å²) in [6.45, 7) is 3.79. The third kappa shape index (κ3) is 5.44. The van der Waals surface area contributed by atoms with E-state index in [2.05, 4.69) is 10.3 Å². The average molecular weight is 336 g/mol. The minimum atomic E-state index is -0.334. The van der Waals surface area contributed by atoms with Crippen LogP contribution in [0.15, 0.2) is 35.7 Å². The maximum Gasteiger partial charge on any atom is 0.231 e. The van der Waals surface area contributed by atoms with E-state index in [-0.39, 0.29) is 23.7 Å². The second kappa shape index (κ2) is 8.31. The van der Waals surface area contributed by atoms with E-state index in [1.54, 1.807) is 18.7 Å². The SMILES string of the molecule is C[C@@H](O)[C@@H](C)SCc1csc(CC(=O)Nc2ccccc2)n1. The largest absolute Gasteiger partial charge is 0.392 e. The van der Waals surface area contributed by atoms with Crippen LogP contribution >= 0.6 is 23.1 Å². The number of aromatic nitrogens is 1. The third-order valence-corrected chi connectivity index (χ3v) is 5.42. The number of nitrogens with one attached hydrogen (secondary N) is 1. The number of hydrogen-bond donors (Lipinski definition) is 2. The summed E-state index contributed by atoms with van der Waals surface area (Å²) in [5.41, 5.74) is 1.76. The quantitative estimate of drug-likeness (QED) is 0.814. The molecule has 1 aromatic carbocycles. The van der Waals surface area contributed by atoms with Crippen molar-refractivity contribution in [2.45, 2.75) is 37.4 Å². The van der Waals surface area contributed by atoms with Crippen molar-refractivity contribution in [1.29, 1.82) is 0 Å². The lowest BCUT2D eigenvalue weighted by Crippen LogP contribution is -2.15. The molecule has 2 aromatic rings. The molecule has 4 nitrogen and oxygen atoms in total. The number of thioether (sulfide) groups is 1. The Kier molecular flexibility index (Phi) is 6.42. The molecular weight excluding hydrogens is 316 g/mol. The monoisotopic (exact) mass is 336 g/mol. The van der Waals surface area contributed by atoms with Gasteiger partial charge in [0.2, 0.25) is 5.91 Å². The Balaban J connectivity index is 1.82. The maximum atomic E-state index is 12.0. The van der Waals surface area contributed by atoms with Crippen LogP contribution < -0.4 is 5.32 Å². The molecule has 0 saturated carbocycles. The molecule has 22 heavy (non-hydrogen) atoms. The van der Waals surface area contributed by atoms with E-state index >= 15 is 0 Å². The molecule has 0 spiro atoms. The molecule has 0 bridgehead atoms. The molecule has 2 rings (SSSR count). The summed E-state index contributed by atoms with van der Waals surface area (Å²) in [5.74, 6) is 0.695. The van der Waals surface area contributed by atoms with E-state index in [1.807, 2.05) is 42.6 Å². The Morgan fingerprint density at radius 3 is 2.77 bits per heavy atom. The fourth-order valence-electron chi connectivity index (χ4n) is 1.72. The van der Waals surface area contributed by atoms with E-state index in [0.717, 1.165) is 22.1 Å². The minimum Gasteiger partial charge on any atom is -0.392 e. The Morgan fingerprint density at radius 1 is 1.36 bits per heavy atom. The highest BCUT2D eigenvalue weighted by Crippen LogP contribution is 2.21. The van der Waals surface area contributed by atoms with Crippen molar-refractivity contribution in [1.82, 2.24) is 4.98 Å². The lowest BCUT2D eigenvalue weighted by molar-refractivity contribution is -0.115. The third-order valence-electron chi connectivity index (χ3n) is 3.14. The molecule has 0 unspecified atom stereocenters. The molecule has 2 atom stereocenters. The van der Waals surface area contributed by atoms with Crippen LogP contribution in [0.3, 0.4) is 0 Å². The Hall–Kier alpha value is -1.37. The summed E-state index contributed by atoms with van der Waals surface area (Å²) in [5, 5.41) is 15.3. The van der Waals surface area contributed by atoms with Crippen LogP contribution in [0.25, 0.3) is 0 Å². The van der Waals surface area contributed by atoms with Gasteiger partial charge in [-0.3, -0.25) is 4.79 Å². The van der Waals surface area contributed by atoms with Gasteiger partial charge in [0.1, 0.15) is 5.01 Å². The van der Waals surface area contributed by atoms with E-state index < -0.39 is 0 Å². The van der Waals surface area contributed by atoms with Gasteiger partial charge in [-0.2, -0.15) is 0 Å². The van der Waals surface area contributed by atoms with E-state index in [9.17, 15) is 9.90 Å². The topological polar surface area (TPSA) is 62.2 Å². The second-order valence-electron chi connectivity index (χ2n) is 5.08. The summed E-state index contributed by atoms with van der Waals surface area (Å²) in [4.78, 5) is 16.4. The maximum absolute atomic E-state index is 12.0. The lowest BCUT2D eigenvalue weighted by atomic mass is 10.3. The predicted molar refractivity (Wildman–Crippen MR) is 93.3 cm³/mol. The van der Waals surface area contributed by atoms with Gasteiger partial charge in [0.15, 0.2) is 0 Å². The van der Waals surface area contributed by atoms with Gasteiger partial charge >= 0.3 is 0 Å². The predicted octanol–water partition coefficient (Wildman–Crippen LogP) is 3.33. The zero-order valence-electron chi connectivity index (χ0n) is 12.7. The van der Waals surface area contributed by atoms with Crippen molar-refractivity contribution in [3.8, 4) is 0 Å². The van der Waals surface area contributed by atoms with Gasteiger partial charge in [0.25, 0.3) is 0 Å². The van der Waals surface area contributed by atoms with Crippen molar-refractivity contribution in [2.75, 3.05) is 5.32 Å². The van der Waals surface area contributed by atoms with Crippen molar-refractivity contribution >= 4 is 34.7 Å². The molecule has 0 fully saturated rings. The van der Waals surface area contributed by atoms with Gasteiger partial charge in [0.05, 0.1) is 18.2 Å². The number of benzene rings is 1. The first-order valence-corrected chi connectivity index (χ1v) is 9.05. The number of amides is 1. The second-order valence-corrected chi connectivity index (χ2v) is 7.39. The van der Waals surface area contributed by atoms with Gasteiger partial charge in [-0.25, -0.2) is 4.98 Å². The number of para-hydroxylation sites is 1. The van der Waals surface area contributed by atoms with Crippen LogP contribution in [0.4, 0.5) is 5.69 Å². The number of carbonyl (C=O) groups is 1. The van der Waals surface area contributed by atoms with Crippen molar-refractivity contribution in [3.05, 3.63) is 46.4 Å². The minimum absolute atomic E-state index is 0.0582. The number of nitrogens with zero attached hydrogens (tertiary/aromatic N) is 1. The average Bonchev–Trinajstić information content (AvgIpc) is 2.93. The van der Waals surface area contributed by atoms with E-state index in [4.69, 9.17) is 0 Å². The highest BCUT2D eigenvalue weighted by Gasteiger charge is 2.12. The Morgan fingerprint density at radius 2 is 2.09 bits per heavy atom. The van der Waals surface area contributed by atoms with Gasteiger partial charge in [-0.1, -0.05) is 25.1 Å². The zero-order chi connectivity index (χ0) is 15.9. The summed E-state index contributed by atoms with van der Waals surface area (Å²) >= 11 is 3.17. The van der Waals surface area contributed by atoms with Gasteiger partial charge < -0.3 is 10.4 Å². The summed E-state index contributed by atoms with van der Waals surface area (Å²) in [7, 11) is 0. The molecule has 0 aliphatic heterocycles. The lowest BCUT2D eigenvalue weighted by Gasteiger charge is -2.12. The molecule has 1 amide bonds. The summed E-state index contributed by atoms with van der Waals surface area (Å²) < 4.78 is 0. The smallest absolute Gasteiger partial charge is 0.231 e. The molecular formula is C16H20N2O2S2. The van der Waals surface area contributed by atoms with Crippen molar-refractivity contribution in [2.24, 2.45) is 0 Å². The first-order valence-electron chi connectivity index (χ1n) is 7.12. The molecule has 1 heterocycles. The van der Waals surface area contributed by atoms with Crippen LogP contribution in [-0.4, -0.2) is 27.4 Å². The molecule has 0 saturated heterocycles. The number of aliphatic hydroxyl groups excluding tert-OH is 1. The normalized spacial score (nSPS) is 13.6.